The van der Waals surface area contributed by atoms with E-state index in [1.54, 1.807) is 31.2 Å². The molecule has 0 bridgehead atoms. The van der Waals surface area contributed by atoms with Gasteiger partial charge in [-0.3, -0.25) is 19.7 Å². The van der Waals surface area contributed by atoms with Crippen molar-refractivity contribution in [3.63, 3.8) is 0 Å². The van der Waals surface area contributed by atoms with Crippen LogP contribution in [0.2, 0.25) is 5.02 Å². The molecule has 3 aromatic carbocycles. The number of nitrogens with zero attached hydrogens (tertiary/aromatic N) is 1. The third kappa shape index (κ3) is 3.75. The summed E-state index contributed by atoms with van der Waals surface area (Å²) in [5, 5.41) is 26.3. The molecular weight excluding hydrogens is 538 g/mol. The van der Waals surface area contributed by atoms with Crippen LogP contribution in [-0.4, -0.2) is 46.6 Å². The van der Waals surface area contributed by atoms with Crippen LogP contribution in [0.1, 0.15) is 28.4 Å². The van der Waals surface area contributed by atoms with Crippen molar-refractivity contribution in [2.75, 3.05) is 16.8 Å². The first kappa shape index (κ1) is 25.8. The van der Waals surface area contributed by atoms with E-state index in [0.29, 0.717) is 21.8 Å². The van der Waals surface area contributed by atoms with E-state index in [4.69, 9.17) is 16.3 Å². The van der Waals surface area contributed by atoms with E-state index in [0.717, 1.165) is 4.90 Å². The fourth-order valence-electron chi connectivity index (χ4n) is 6.11. The van der Waals surface area contributed by atoms with Crippen LogP contribution >= 0.6 is 11.6 Å². The van der Waals surface area contributed by atoms with Gasteiger partial charge in [0.15, 0.2) is 11.5 Å². The number of carbonyl (C=O) groups excluding carboxylic acids is 4. The van der Waals surface area contributed by atoms with Gasteiger partial charge in [0, 0.05) is 22.3 Å². The molecule has 10 nitrogen and oxygen atoms in total. The number of fused-ring (bicyclic) bond motifs is 4. The first-order valence-electron chi connectivity index (χ1n) is 12.7. The average molecular weight is 562 g/mol. The SMILES string of the molecule is CCOC(=O)c1ccc(N2C(=O)[C@@H]3[C@H](Cc4ccc(O)c(O)c4)N[C@@]4(C(=O)Nc5ccc(Cl)cc54)[C@H]3C2=O)cc1. The van der Waals surface area contributed by atoms with E-state index in [1.807, 2.05) is 0 Å². The monoisotopic (exact) mass is 561 g/mol. The fourth-order valence-corrected chi connectivity index (χ4v) is 6.29. The molecule has 2 fully saturated rings. The van der Waals surface area contributed by atoms with Gasteiger partial charge in [-0.05, 0) is 73.5 Å². The highest BCUT2D eigenvalue weighted by Gasteiger charge is 2.70. The first-order valence-corrected chi connectivity index (χ1v) is 13.1. The summed E-state index contributed by atoms with van der Waals surface area (Å²) in [6.07, 6.45) is 0.175. The summed E-state index contributed by atoms with van der Waals surface area (Å²) in [7, 11) is 0. The van der Waals surface area contributed by atoms with Crippen molar-refractivity contribution in [3.8, 4) is 11.5 Å². The Labute approximate surface area is 233 Å². The third-order valence-corrected chi connectivity index (χ3v) is 8.04. The molecule has 0 aliphatic carbocycles. The predicted octanol–water partition coefficient (Wildman–Crippen LogP) is 3.10. The molecule has 0 radical (unpaired) electrons. The topological polar surface area (TPSA) is 145 Å². The van der Waals surface area contributed by atoms with Gasteiger partial charge >= 0.3 is 5.97 Å². The molecule has 0 aromatic heterocycles. The Morgan fingerprint density at radius 1 is 1.00 bits per heavy atom. The molecule has 3 amide bonds. The number of halogens is 1. The zero-order valence-corrected chi connectivity index (χ0v) is 21.9. The Balaban J connectivity index is 1.44. The molecule has 11 heteroatoms. The van der Waals surface area contributed by atoms with E-state index in [2.05, 4.69) is 10.6 Å². The van der Waals surface area contributed by atoms with Crippen molar-refractivity contribution in [1.29, 1.82) is 0 Å². The second-order valence-corrected chi connectivity index (χ2v) is 10.4. The number of nitrogens with one attached hydrogen (secondary N) is 2. The van der Waals surface area contributed by atoms with Crippen LogP contribution in [0.5, 0.6) is 11.5 Å². The summed E-state index contributed by atoms with van der Waals surface area (Å²) in [4.78, 5) is 54.9. The molecule has 4 N–H and O–H groups in total. The normalized spacial score (nSPS) is 24.8. The number of anilines is 2. The Morgan fingerprint density at radius 2 is 1.75 bits per heavy atom. The lowest BCUT2D eigenvalue weighted by Gasteiger charge is -2.29. The van der Waals surface area contributed by atoms with E-state index >= 15 is 0 Å². The maximum atomic E-state index is 14.1. The van der Waals surface area contributed by atoms with Gasteiger partial charge in [0.1, 0.15) is 5.54 Å². The number of hydrogen-bond acceptors (Lipinski definition) is 8. The molecular formula is C29H24ClN3O7. The number of phenolic OH excluding ortho intramolecular Hbond substituents is 2. The first-order chi connectivity index (χ1) is 19.1. The maximum absolute atomic E-state index is 14.1. The highest BCUT2D eigenvalue weighted by Crippen LogP contribution is 2.54. The molecule has 6 rings (SSSR count). The number of rotatable bonds is 5. The smallest absolute Gasteiger partial charge is 0.338 e. The average Bonchev–Trinajstić information content (AvgIpc) is 3.50. The van der Waals surface area contributed by atoms with Gasteiger partial charge in [0.25, 0.3) is 0 Å². The predicted molar refractivity (Wildman–Crippen MR) is 144 cm³/mol. The molecule has 0 unspecified atom stereocenters. The lowest BCUT2D eigenvalue weighted by Crippen LogP contribution is -2.53. The summed E-state index contributed by atoms with van der Waals surface area (Å²) in [6, 6.07) is 14.5. The van der Waals surface area contributed by atoms with E-state index in [-0.39, 0.29) is 35.8 Å². The molecule has 3 aliphatic heterocycles. The minimum Gasteiger partial charge on any atom is -0.504 e. The van der Waals surface area contributed by atoms with Crippen molar-refractivity contribution in [2.24, 2.45) is 11.8 Å². The van der Waals surface area contributed by atoms with Gasteiger partial charge in [-0.15, -0.1) is 0 Å². The summed E-state index contributed by atoms with van der Waals surface area (Å²) in [5.74, 6) is -4.72. The molecule has 1 spiro atoms. The summed E-state index contributed by atoms with van der Waals surface area (Å²) < 4.78 is 5.02. The Morgan fingerprint density at radius 3 is 2.45 bits per heavy atom. The van der Waals surface area contributed by atoms with Crippen molar-refractivity contribution in [2.45, 2.75) is 24.9 Å². The van der Waals surface area contributed by atoms with Crippen LogP contribution in [0.15, 0.2) is 60.7 Å². The number of ether oxygens (including phenoxy) is 1. The summed E-state index contributed by atoms with van der Waals surface area (Å²) in [5.41, 5.74) is 0.509. The number of imide groups is 1. The lowest BCUT2D eigenvalue weighted by atomic mass is 9.76. The number of hydrogen-bond donors (Lipinski definition) is 4. The van der Waals surface area contributed by atoms with Crippen LogP contribution in [0.3, 0.4) is 0 Å². The van der Waals surface area contributed by atoms with Crippen LogP contribution in [0.4, 0.5) is 11.4 Å². The van der Waals surface area contributed by atoms with Gasteiger partial charge in [0.2, 0.25) is 17.7 Å². The Bertz CT molecular complexity index is 1590. The molecule has 3 aliphatic rings. The molecule has 4 atom stereocenters. The second-order valence-electron chi connectivity index (χ2n) is 10.0. The maximum Gasteiger partial charge on any atom is 0.338 e. The van der Waals surface area contributed by atoms with Gasteiger partial charge in [-0.25, -0.2) is 9.69 Å². The number of phenols is 2. The van der Waals surface area contributed by atoms with Crippen molar-refractivity contribution in [3.05, 3.63) is 82.4 Å². The van der Waals surface area contributed by atoms with Crippen molar-refractivity contribution in [1.82, 2.24) is 5.32 Å². The number of aromatic hydroxyl groups is 2. The van der Waals surface area contributed by atoms with E-state index < -0.39 is 47.1 Å². The van der Waals surface area contributed by atoms with Crippen molar-refractivity contribution >= 4 is 46.7 Å². The number of amides is 3. The van der Waals surface area contributed by atoms with Gasteiger partial charge in [-0.2, -0.15) is 0 Å². The van der Waals surface area contributed by atoms with Gasteiger partial charge in [-0.1, -0.05) is 17.7 Å². The number of carbonyl (C=O) groups is 4. The third-order valence-electron chi connectivity index (χ3n) is 7.81. The van der Waals surface area contributed by atoms with Crippen LogP contribution in [-0.2, 0) is 31.1 Å². The zero-order chi connectivity index (χ0) is 28.3. The highest BCUT2D eigenvalue weighted by atomic mass is 35.5. The molecule has 204 valence electrons. The van der Waals surface area contributed by atoms with E-state index in [1.165, 1.54) is 36.4 Å². The molecule has 2 saturated heterocycles. The Kier molecular flexibility index (Phi) is 6.04. The highest BCUT2D eigenvalue weighted by molar-refractivity contribution is 6.31. The largest absolute Gasteiger partial charge is 0.504 e. The lowest BCUT2D eigenvalue weighted by molar-refractivity contribution is -0.130. The standard InChI is InChI=1S/C29H24ClN3O7/c1-2-40-27(38)15-4-7-17(8-5-15)33-25(36)23-20(11-14-3-10-21(34)22(35)12-14)32-29(24(23)26(33)37)18-13-16(30)6-9-19(18)31-28(29)39/h3-10,12-13,20,23-24,32,34-35H,2,11H2,1H3,(H,31,39)/t20-,23+,24+,29+/m0/s1. The van der Waals surface area contributed by atoms with Gasteiger partial charge in [0.05, 0.1) is 29.7 Å². The van der Waals surface area contributed by atoms with Crippen LogP contribution in [0, 0.1) is 11.8 Å². The zero-order valence-electron chi connectivity index (χ0n) is 21.2. The quantitative estimate of drug-likeness (QED) is 0.211. The fraction of sp³-hybridized carbons (Fsp3) is 0.241. The minimum absolute atomic E-state index is 0.175. The van der Waals surface area contributed by atoms with Crippen molar-refractivity contribution < 1.29 is 34.1 Å². The summed E-state index contributed by atoms with van der Waals surface area (Å²) >= 11 is 6.31. The molecule has 3 aromatic rings. The minimum atomic E-state index is -1.57. The molecule has 3 heterocycles. The molecule has 40 heavy (non-hydrogen) atoms. The van der Waals surface area contributed by atoms with E-state index in [9.17, 15) is 29.4 Å². The second kappa shape index (κ2) is 9.35. The number of benzene rings is 3. The van der Waals surface area contributed by atoms with Gasteiger partial charge < -0.3 is 20.3 Å². The summed E-state index contributed by atoms with van der Waals surface area (Å²) in [6.45, 7) is 1.90. The Hall–Kier alpha value is -4.41. The van der Waals surface area contributed by atoms with Crippen LogP contribution < -0.4 is 15.5 Å². The van der Waals surface area contributed by atoms with Crippen LogP contribution in [0.25, 0.3) is 0 Å². The molecule has 0 saturated carbocycles. The number of esters is 1.